The van der Waals surface area contributed by atoms with Crippen LogP contribution in [0.15, 0.2) is 59.7 Å². The lowest BCUT2D eigenvalue weighted by Crippen LogP contribution is -2.41. The summed E-state index contributed by atoms with van der Waals surface area (Å²) in [6.45, 7) is 2.73. The highest BCUT2D eigenvalue weighted by molar-refractivity contribution is 6.14. The Morgan fingerprint density at radius 3 is 2.37 bits per heavy atom. The van der Waals surface area contributed by atoms with Gasteiger partial charge in [0.1, 0.15) is 5.75 Å². The number of nitrogens with one attached hydrogen (secondary N) is 1. The van der Waals surface area contributed by atoms with Crippen molar-refractivity contribution < 1.29 is 19.0 Å². The van der Waals surface area contributed by atoms with Gasteiger partial charge in [-0.3, -0.25) is 0 Å². The Kier molecular flexibility index (Phi) is 6.07. The number of amides is 2. The van der Waals surface area contributed by atoms with E-state index in [1.54, 1.807) is 21.3 Å². The van der Waals surface area contributed by atoms with Crippen LogP contribution in [0.2, 0.25) is 0 Å². The fraction of sp³-hybridized carbons (Fsp3) is 0.286. The third-order valence-corrected chi connectivity index (χ3v) is 6.61. The van der Waals surface area contributed by atoms with Gasteiger partial charge in [0.05, 0.1) is 32.6 Å². The number of methoxy groups -OCH3 is 2. The molecule has 7 nitrogen and oxygen atoms in total. The maximum absolute atomic E-state index is 12.7. The second kappa shape index (κ2) is 9.33. The molecule has 2 aliphatic heterocycles. The highest BCUT2D eigenvalue weighted by atomic mass is 16.5. The van der Waals surface area contributed by atoms with Crippen molar-refractivity contribution in [2.24, 2.45) is 5.10 Å². The van der Waals surface area contributed by atoms with E-state index in [4.69, 9.17) is 19.3 Å². The fourth-order valence-electron chi connectivity index (χ4n) is 4.74. The molecule has 0 saturated carbocycles. The largest absolute Gasteiger partial charge is 0.493 e. The van der Waals surface area contributed by atoms with Gasteiger partial charge in [0, 0.05) is 24.6 Å². The minimum Gasteiger partial charge on any atom is -0.493 e. The summed E-state index contributed by atoms with van der Waals surface area (Å²) in [6, 6.07) is 18.1. The molecule has 0 radical (unpaired) electrons. The smallest absolute Gasteiger partial charge is 0.337 e. The van der Waals surface area contributed by atoms with Crippen molar-refractivity contribution in [3.8, 4) is 28.4 Å². The molecular formula is C28H29N3O4. The Hall–Kier alpha value is -4.00. The average molecular weight is 472 g/mol. The van der Waals surface area contributed by atoms with Crippen LogP contribution in [0.4, 0.5) is 4.79 Å². The van der Waals surface area contributed by atoms with Crippen LogP contribution in [0.25, 0.3) is 11.1 Å². The molecule has 2 heterocycles. The van der Waals surface area contributed by atoms with Crippen LogP contribution in [-0.2, 0) is 12.8 Å². The number of carbonyl (C=O) groups is 1. The summed E-state index contributed by atoms with van der Waals surface area (Å²) in [5.74, 6) is 2.25. The summed E-state index contributed by atoms with van der Waals surface area (Å²) >= 11 is 0. The van der Waals surface area contributed by atoms with Gasteiger partial charge in [0.15, 0.2) is 11.5 Å². The van der Waals surface area contributed by atoms with Gasteiger partial charge in [-0.2, -0.15) is 5.10 Å². The molecule has 35 heavy (non-hydrogen) atoms. The lowest BCUT2D eigenvalue weighted by molar-refractivity contribution is 0.184. The SMILES string of the molecule is CNC(=O)N1N=C(c2ccc(-c3ccc4c(c3)CCO4)cc2)c2cc(OC)c(OC)cc2CC1C. The molecule has 0 saturated heterocycles. The molecular weight excluding hydrogens is 442 g/mol. The summed E-state index contributed by atoms with van der Waals surface area (Å²) in [5, 5.41) is 9.07. The van der Waals surface area contributed by atoms with Crippen LogP contribution in [0.1, 0.15) is 29.2 Å². The van der Waals surface area contributed by atoms with E-state index in [0.29, 0.717) is 23.6 Å². The summed E-state index contributed by atoms with van der Waals surface area (Å²) in [5.41, 5.74) is 7.09. The Bertz CT molecular complexity index is 1300. The van der Waals surface area contributed by atoms with E-state index >= 15 is 0 Å². The first-order valence-corrected chi connectivity index (χ1v) is 11.7. The first kappa shape index (κ1) is 22.8. The molecule has 1 N–H and O–H groups in total. The summed E-state index contributed by atoms with van der Waals surface area (Å²) in [4.78, 5) is 12.7. The van der Waals surface area contributed by atoms with Crippen molar-refractivity contribution in [2.75, 3.05) is 27.9 Å². The Labute approximate surface area is 205 Å². The lowest BCUT2D eigenvalue weighted by Gasteiger charge is -2.22. The third kappa shape index (κ3) is 4.18. The van der Waals surface area contributed by atoms with Crippen molar-refractivity contribution in [3.63, 3.8) is 0 Å². The van der Waals surface area contributed by atoms with Crippen LogP contribution in [0.3, 0.4) is 0 Å². The first-order valence-electron chi connectivity index (χ1n) is 11.7. The molecule has 3 aromatic carbocycles. The van der Waals surface area contributed by atoms with E-state index in [1.165, 1.54) is 10.6 Å². The van der Waals surface area contributed by atoms with Crippen molar-refractivity contribution in [3.05, 3.63) is 76.9 Å². The van der Waals surface area contributed by atoms with Crippen molar-refractivity contribution in [2.45, 2.75) is 25.8 Å². The number of urea groups is 1. The van der Waals surface area contributed by atoms with Crippen LogP contribution in [-0.4, -0.2) is 50.7 Å². The quantitative estimate of drug-likeness (QED) is 0.602. The molecule has 2 aliphatic rings. The maximum Gasteiger partial charge on any atom is 0.337 e. The fourth-order valence-corrected chi connectivity index (χ4v) is 4.74. The average Bonchev–Trinajstić information content (AvgIpc) is 3.31. The molecule has 1 atom stereocenters. The minimum atomic E-state index is -0.251. The van der Waals surface area contributed by atoms with Gasteiger partial charge >= 0.3 is 6.03 Å². The zero-order valence-corrected chi connectivity index (χ0v) is 20.4. The molecule has 2 amide bonds. The van der Waals surface area contributed by atoms with Gasteiger partial charge < -0.3 is 19.5 Å². The van der Waals surface area contributed by atoms with Crippen LogP contribution >= 0.6 is 0 Å². The second-order valence-electron chi connectivity index (χ2n) is 8.76. The van der Waals surface area contributed by atoms with Gasteiger partial charge in [-0.1, -0.05) is 30.3 Å². The zero-order valence-electron chi connectivity index (χ0n) is 20.4. The Morgan fingerprint density at radius 1 is 0.971 bits per heavy atom. The summed E-state index contributed by atoms with van der Waals surface area (Å²) in [6.07, 6.45) is 1.57. The normalized spacial score (nSPS) is 16.4. The highest BCUT2D eigenvalue weighted by Gasteiger charge is 2.28. The number of nitrogens with zero attached hydrogens (tertiary/aromatic N) is 2. The standard InChI is InChI=1S/C28H29N3O4/c1-17-13-22-15-25(33-3)26(34-4)16-23(22)27(30-31(17)28(32)29-2)19-7-5-18(6-8-19)20-9-10-24-21(14-20)11-12-35-24/h5-10,14-17H,11-13H2,1-4H3,(H,29,32). The first-order chi connectivity index (χ1) is 17.0. The number of carbonyl (C=O) groups excluding carboxylic acids is 1. The van der Waals surface area contributed by atoms with E-state index in [0.717, 1.165) is 46.6 Å². The Morgan fingerprint density at radius 2 is 1.66 bits per heavy atom. The topological polar surface area (TPSA) is 72.4 Å². The summed E-state index contributed by atoms with van der Waals surface area (Å²) in [7, 11) is 4.86. The number of rotatable bonds is 4. The van der Waals surface area contributed by atoms with Gasteiger partial charge in [0.25, 0.3) is 0 Å². The van der Waals surface area contributed by atoms with E-state index in [2.05, 4.69) is 41.7 Å². The molecule has 1 unspecified atom stereocenters. The number of hydrogen-bond donors (Lipinski definition) is 1. The molecule has 0 fully saturated rings. The lowest BCUT2D eigenvalue weighted by atomic mass is 9.93. The molecule has 180 valence electrons. The van der Waals surface area contributed by atoms with E-state index in [9.17, 15) is 4.79 Å². The number of hydrogen-bond acceptors (Lipinski definition) is 5. The number of hydrazone groups is 1. The number of ether oxygens (including phenoxy) is 3. The molecule has 0 bridgehead atoms. The molecule has 0 aromatic heterocycles. The van der Waals surface area contributed by atoms with Crippen molar-refractivity contribution >= 4 is 11.7 Å². The van der Waals surface area contributed by atoms with Gasteiger partial charge in [-0.25, -0.2) is 9.80 Å². The number of fused-ring (bicyclic) bond motifs is 2. The zero-order chi connectivity index (χ0) is 24.5. The van der Waals surface area contributed by atoms with E-state index in [-0.39, 0.29) is 12.1 Å². The monoisotopic (exact) mass is 471 g/mol. The maximum atomic E-state index is 12.7. The van der Waals surface area contributed by atoms with Gasteiger partial charge in [-0.15, -0.1) is 0 Å². The molecule has 0 aliphatic carbocycles. The second-order valence-corrected chi connectivity index (χ2v) is 8.76. The van der Waals surface area contributed by atoms with Crippen LogP contribution in [0, 0.1) is 0 Å². The van der Waals surface area contributed by atoms with Gasteiger partial charge in [0.2, 0.25) is 0 Å². The molecule has 7 heteroatoms. The van der Waals surface area contributed by atoms with E-state index < -0.39 is 0 Å². The number of benzene rings is 3. The summed E-state index contributed by atoms with van der Waals surface area (Å²) < 4.78 is 16.8. The Balaban J connectivity index is 1.59. The van der Waals surface area contributed by atoms with E-state index in [1.807, 2.05) is 25.1 Å². The predicted molar refractivity (Wildman–Crippen MR) is 136 cm³/mol. The minimum absolute atomic E-state index is 0.141. The van der Waals surface area contributed by atoms with Crippen molar-refractivity contribution in [1.82, 2.24) is 10.3 Å². The molecule has 3 aromatic rings. The molecule has 0 spiro atoms. The molecule has 5 rings (SSSR count). The third-order valence-electron chi connectivity index (χ3n) is 6.61. The predicted octanol–water partition coefficient (Wildman–Crippen LogP) is 4.64. The van der Waals surface area contributed by atoms with Gasteiger partial charge in [-0.05, 0) is 59.9 Å². The van der Waals surface area contributed by atoms with Crippen LogP contribution in [0.5, 0.6) is 17.2 Å². The van der Waals surface area contributed by atoms with Crippen molar-refractivity contribution in [1.29, 1.82) is 0 Å². The highest BCUT2D eigenvalue weighted by Crippen LogP contribution is 2.35. The van der Waals surface area contributed by atoms with Crippen LogP contribution < -0.4 is 19.5 Å².